The lowest BCUT2D eigenvalue weighted by atomic mass is 10.2. The predicted octanol–water partition coefficient (Wildman–Crippen LogP) is 2.42. The first kappa shape index (κ1) is 10.4. The standard InChI is InChI=1S/C12H12FN3/c13-10-4-1-5-11(12(10)14)16-8-9-3-2-6-15-7-9/h1-7,16H,8,14H2. The molecule has 0 saturated carbocycles. The zero-order valence-corrected chi connectivity index (χ0v) is 8.65. The van der Waals surface area contributed by atoms with Crippen LogP contribution in [0.4, 0.5) is 15.8 Å². The summed E-state index contributed by atoms with van der Waals surface area (Å²) in [6, 6.07) is 8.50. The Morgan fingerprint density at radius 2 is 2.12 bits per heavy atom. The minimum atomic E-state index is -0.406. The Balaban J connectivity index is 2.08. The molecule has 1 aromatic heterocycles. The van der Waals surface area contributed by atoms with E-state index in [0.717, 1.165) is 5.56 Å². The van der Waals surface area contributed by atoms with Gasteiger partial charge in [0.15, 0.2) is 0 Å². The van der Waals surface area contributed by atoms with Crippen LogP contribution in [-0.4, -0.2) is 4.98 Å². The topological polar surface area (TPSA) is 50.9 Å². The quantitative estimate of drug-likeness (QED) is 0.776. The summed E-state index contributed by atoms with van der Waals surface area (Å²) in [5.74, 6) is -0.406. The molecule has 0 aliphatic rings. The Labute approximate surface area is 93.1 Å². The van der Waals surface area contributed by atoms with E-state index < -0.39 is 5.82 Å². The van der Waals surface area contributed by atoms with Gasteiger partial charge in [0.2, 0.25) is 0 Å². The highest BCUT2D eigenvalue weighted by atomic mass is 19.1. The number of hydrogen-bond donors (Lipinski definition) is 2. The number of nitrogens with zero attached hydrogens (tertiary/aromatic N) is 1. The van der Waals surface area contributed by atoms with Crippen LogP contribution in [0.1, 0.15) is 5.56 Å². The maximum atomic E-state index is 13.1. The first-order chi connectivity index (χ1) is 7.77. The zero-order chi connectivity index (χ0) is 11.4. The highest BCUT2D eigenvalue weighted by Crippen LogP contribution is 2.21. The van der Waals surface area contributed by atoms with Crippen molar-refractivity contribution in [2.75, 3.05) is 11.1 Å². The molecule has 16 heavy (non-hydrogen) atoms. The second-order valence-electron chi connectivity index (χ2n) is 3.42. The van der Waals surface area contributed by atoms with Crippen LogP contribution in [0.2, 0.25) is 0 Å². The second-order valence-corrected chi connectivity index (χ2v) is 3.42. The number of nitrogens with two attached hydrogens (primary N) is 1. The number of pyridine rings is 1. The van der Waals surface area contributed by atoms with Crippen LogP contribution < -0.4 is 11.1 Å². The highest BCUT2D eigenvalue weighted by Gasteiger charge is 2.03. The monoisotopic (exact) mass is 217 g/mol. The second kappa shape index (κ2) is 4.61. The molecule has 0 aliphatic carbocycles. The summed E-state index contributed by atoms with van der Waals surface area (Å²) in [5, 5.41) is 3.07. The van der Waals surface area contributed by atoms with Crippen LogP contribution in [0, 0.1) is 5.82 Å². The van der Waals surface area contributed by atoms with Gasteiger partial charge in [-0.15, -0.1) is 0 Å². The maximum absolute atomic E-state index is 13.1. The third kappa shape index (κ3) is 2.28. The summed E-state index contributed by atoms with van der Waals surface area (Å²) in [6.07, 6.45) is 3.46. The molecule has 0 amide bonds. The smallest absolute Gasteiger partial charge is 0.148 e. The number of benzene rings is 1. The lowest BCUT2D eigenvalue weighted by Gasteiger charge is -2.09. The molecule has 1 aromatic carbocycles. The summed E-state index contributed by atoms with van der Waals surface area (Å²) in [6.45, 7) is 0.571. The van der Waals surface area contributed by atoms with E-state index in [0.29, 0.717) is 12.2 Å². The van der Waals surface area contributed by atoms with Gasteiger partial charge in [0, 0.05) is 18.9 Å². The number of anilines is 2. The number of para-hydroxylation sites is 1. The molecule has 3 N–H and O–H groups in total. The van der Waals surface area contributed by atoms with Crippen LogP contribution >= 0.6 is 0 Å². The van der Waals surface area contributed by atoms with Crippen molar-refractivity contribution in [1.82, 2.24) is 4.98 Å². The number of halogens is 1. The van der Waals surface area contributed by atoms with E-state index >= 15 is 0 Å². The van der Waals surface area contributed by atoms with Crippen LogP contribution in [0.25, 0.3) is 0 Å². The van der Waals surface area contributed by atoms with Gasteiger partial charge in [0.25, 0.3) is 0 Å². The summed E-state index contributed by atoms with van der Waals surface area (Å²) in [7, 11) is 0. The number of hydrogen-bond acceptors (Lipinski definition) is 3. The van der Waals surface area contributed by atoms with Gasteiger partial charge in [0.1, 0.15) is 5.82 Å². The molecule has 0 atom stereocenters. The van der Waals surface area contributed by atoms with E-state index in [9.17, 15) is 4.39 Å². The molecule has 0 spiro atoms. The minimum Gasteiger partial charge on any atom is -0.395 e. The molecule has 0 saturated heterocycles. The highest BCUT2D eigenvalue weighted by molar-refractivity contribution is 5.66. The van der Waals surface area contributed by atoms with Crippen molar-refractivity contribution >= 4 is 11.4 Å². The Kier molecular flexibility index (Phi) is 3.00. The van der Waals surface area contributed by atoms with Crippen molar-refractivity contribution in [1.29, 1.82) is 0 Å². The van der Waals surface area contributed by atoms with E-state index in [1.54, 1.807) is 24.5 Å². The van der Waals surface area contributed by atoms with Gasteiger partial charge >= 0.3 is 0 Å². The van der Waals surface area contributed by atoms with E-state index in [2.05, 4.69) is 10.3 Å². The molecule has 1 heterocycles. The summed E-state index contributed by atoms with van der Waals surface area (Å²) >= 11 is 0. The van der Waals surface area contributed by atoms with Crippen LogP contribution in [0.3, 0.4) is 0 Å². The average Bonchev–Trinajstić information content (AvgIpc) is 2.32. The molecule has 0 radical (unpaired) electrons. The largest absolute Gasteiger partial charge is 0.395 e. The van der Waals surface area contributed by atoms with Crippen molar-refractivity contribution in [2.24, 2.45) is 0 Å². The van der Waals surface area contributed by atoms with Crippen LogP contribution in [-0.2, 0) is 6.54 Å². The van der Waals surface area contributed by atoms with Crippen molar-refractivity contribution in [3.05, 3.63) is 54.1 Å². The molecule has 0 unspecified atom stereocenters. The van der Waals surface area contributed by atoms with Gasteiger partial charge in [-0.3, -0.25) is 4.98 Å². The predicted molar refractivity (Wildman–Crippen MR) is 62.4 cm³/mol. The van der Waals surface area contributed by atoms with Crippen LogP contribution in [0.5, 0.6) is 0 Å². The van der Waals surface area contributed by atoms with E-state index in [-0.39, 0.29) is 5.69 Å². The Bertz CT molecular complexity index is 471. The number of nitrogen functional groups attached to an aromatic ring is 1. The molecule has 0 aliphatic heterocycles. The lowest BCUT2D eigenvalue weighted by molar-refractivity contribution is 0.633. The zero-order valence-electron chi connectivity index (χ0n) is 8.65. The fraction of sp³-hybridized carbons (Fsp3) is 0.0833. The molecule has 2 aromatic rings. The SMILES string of the molecule is Nc1c(F)cccc1NCc1cccnc1. The van der Waals surface area contributed by atoms with Gasteiger partial charge in [-0.05, 0) is 23.8 Å². The van der Waals surface area contributed by atoms with Crippen molar-refractivity contribution < 1.29 is 4.39 Å². The van der Waals surface area contributed by atoms with Gasteiger partial charge < -0.3 is 11.1 Å². The number of aromatic nitrogens is 1. The fourth-order valence-corrected chi connectivity index (χ4v) is 1.39. The normalized spacial score (nSPS) is 10.1. The van der Waals surface area contributed by atoms with Crippen LogP contribution in [0.15, 0.2) is 42.7 Å². The molecule has 0 fully saturated rings. The maximum Gasteiger partial charge on any atom is 0.148 e. The van der Waals surface area contributed by atoms with E-state index in [1.165, 1.54) is 6.07 Å². The summed E-state index contributed by atoms with van der Waals surface area (Å²) < 4.78 is 13.1. The molecular formula is C12H12FN3. The molecule has 82 valence electrons. The average molecular weight is 217 g/mol. The van der Waals surface area contributed by atoms with Crippen molar-refractivity contribution in [3.63, 3.8) is 0 Å². The van der Waals surface area contributed by atoms with Gasteiger partial charge in [0.05, 0.1) is 11.4 Å². The third-order valence-corrected chi connectivity index (χ3v) is 2.26. The summed E-state index contributed by atoms with van der Waals surface area (Å²) in [4.78, 5) is 3.99. The van der Waals surface area contributed by atoms with Gasteiger partial charge in [-0.2, -0.15) is 0 Å². The Hall–Kier alpha value is -2.10. The number of rotatable bonds is 3. The third-order valence-electron chi connectivity index (χ3n) is 2.26. The molecular weight excluding hydrogens is 205 g/mol. The Morgan fingerprint density at radius 3 is 2.88 bits per heavy atom. The molecule has 3 nitrogen and oxygen atoms in total. The van der Waals surface area contributed by atoms with Gasteiger partial charge in [-0.25, -0.2) is 4.39 Å². The molecule has 4 heteroatoms. The van der Waals surface area contributed by atoms with E-state index in [1.807, 2.05) is 12.1 Å². The minimum absolute atomic E-state index is 0.145. The fourth-order valence-electron chi connectivity index (χ4n) is 1.39. The number of nitrogens with one attached hydrogen (secondary N) is 1. The lowest BCUT2D eigenvalue weighted by Crippen LogP contribution is -2.03. The first-order valence-electron chi connectivity index (χ1n) is 4.94. The van der Waals surface area contributed by atoms with Gasteiger partial charge in [-0.1, -0.05) is 12.1 Å². The molecule has 2 rings (SSSR count). The molecule has 0 bridgehead atoms. The van der Waals surface area contributed by atoms with Crippen molar-refractivity contribution in [2.45, 2.75) is 6.54 Å². The van der Waals surface area contributed by atoms with E-state index in [4.69, 9.17) is 5.73 Å². The Morgan fingerprint density at radius 1 is 1.25 bits per heavy atom. The van der Waals surface area contributed by atoms with Crippen molar-refractivity contribution in [3.8, 4) is 0 Å². The summed E-state index contributed by atoms with van der Waals surface area (Å²) in [5.41, 5.74) is 7.36. The first-order valence-corrected chi connectivity index (χ1v) is 4.94.